The van der Waals surface area contributed by atoms with Gasteiger partial charge in [-0.05, 0) is 111 Å². The quantitative estimate of drug-likeness (QED) is 0.173. The van der Waals surface area contributed by atoms with E-state index in [0.717, 1.165) is 77.8 Å². The lowest BCUT2D eigenvalue weighted by Crippen LogP contribution is -2.10. The number of para-hydroxylation sites is 1. The molecular weight excluding hydrogens is 671 g/mol. The molecule has 11 rings (SSSR count). The summed E-state index contributed by atoms with van der Waals surface area (Å²) in [6.07, 6.45) is 0. The first kappa shape index (κ1) is 31.2. The van der Waals surface area contributed by atoms with Crippen molar-refractivity contribution in [3.8, 4) is 33.4 Å². The predicted molar refractivity (Wildman–Crippen MR) is 229 cm³/mol. The first-order valence-corrected chi connectivity index (χ1v) is 18.7. The highest BCUT2D eigenvalue weighted by Crippen LogP contribution is 2.42. The van der Waals surface area contributed by atoms with Gasteiger partial charge in [0.1, 0.15) is 22.3 Å². The normalized spacial score (nSPS) is 11.6. The van der Waals surface area contributed by atoms with Crippen LogP contribution in [0, 0.1) is 0 Å². The van der Waals surface area contributed by atoms with Crippen molar-refractivity contribution in [1.82, 2.24) is 0 Å². The average molecular weight is 704 g/mol. The summed E-state index contributed by atoms with van der Waals surface area (Å²) < 4.78 is 12.7. The summed E-state index contributed by atoms with van der Waals surface area (Å²) in [4.78, 5) is 2.34. The second kappa shape index (κ2) is 12.6. The van der Waals surface area contributed by atoms with E-state index in [-0.39, 0.29) is 0 Å². The highest BCUT2D eigenvalue weighted by Gasteiger charge is 2.18. The number of fused-ring (bicyclic) bond motifs is 8. The molecule has 0 spiro atoms. The minimum absolute atomic E-state index is 0.891. The Balaban J connectivity index is 1.01. The molecule has 0 aliphatic rings. The maximum absolute atomic E-state index is 6.42. The molecule has 0 saturated carbocycles. The van der Waals surface area contributed by atoms with Gasteiger partial charge in [-0.1, -0.05) is 133 Å². The van der Waals surface area contributed by atoms with Gasteiger partial charge in [0.15, 0.2) is 0 Å². The molecule has 0 fully saturated rings. The molecule has 9 aromatic carbocycles. The zero-order valence-electron chi connectivity index (χ0n) is 29.8. The highest BCUT2D eigenvalue weighted by atomic mass is 16.3. The van der Waals surface area contributed by atoms with Crippen LogP contribution in [0.3, 0.4) is 0 Å². The van der Waals surface area contributed by atoms with Gasteiger partial charge in [-0.3, -0.25) is 0 Å². The molecule has 0 bridgehead atoms. The van der Waals surface area contributed by atoms with Crippen LogP contribution < -0.4 is 4.90 Å². The van der Waals surface area contributed by atoms with Gasteiger partial charge in [-0.25, -0.2) is 0 Å². The van der Waals surface area contributed by atoms with E-state index in [1.165, 1.54) is 27.3 Å². The average Bonchev–Trinajstić information content (AvgIpc) is 3.83. The van der Waals surface area contributed by atoms with E-state index in [0.29, 0.717) is 0 Å². The number of anilines is 3. The molecule has 0 atom stereocenters. The van der Waals surface area contributed by atoms with E-state index < -0.39 is 0 Å². The Bertz CT molecular complexity index is 3190. The molecule has 3 nitrogen and oxygen atoms in total. The topological polar surface area (TPSA) is 29.5 Å². The Kier molecular flexibility index (Phi) is 7.17. The van der Waals surface area contributed by atoms with E-state index in [4.69, 9.17) is 8.83 Å². The number of benzene rings is 9. The summed E-state index contributed by atoms with van der Waals surface area (Å²) in [6, 6.07) is 71.0. The Labute approximate surface area is 317 Å². The lowest BCUT2D eigenvalue weighted by molar-refractivity contribution is 0.669. The summed E-state index contributed by atoms with van der Waals surface area (Å²) in [5.74, 6) is 0. The molecule has 2 heterocycles. The molecule has 11 aromatic rings. The van der Waals surface area contributed by atoms with Crippen LogP contribution in [0.2, 0.25) is 0 Å². The minimum atomic E-state index is 0.891. The fourth-order valence-corrected chi connectivity index (χ4v) is 8.24. The summed E-state index contributed by atoms with van der Waals surface area (Å²) in [5, 5.41) is 6.99. The second-order valence-corrected chi connectivity index (χ2v) is 14.1. The Hall–Kier alpha value is -7.36. The standard InChI is InChI=1S/C52H33NO2/c1-2-10-34(11-3-1)35-20-26-40(27-21-35)53(42-14-8-13-39(32-42)44-17-9-19-48-52(44)45-16-6-7-18-47(45)54-48)41-28-22-36(23-29-41)38-24-30-46-50(33-38)55-49-31-25-37-12-4-5-15-43(37)51(46)49/h1-33H. The summed E-state index contributed by atoms with van der Waals surface area (Å²) in [6.45, 7) is 0. The minimum Gasteiger partial charge on any atom is -0.456 e. The van der Waals surface area contributed by atoms with Crippen molar-refractivity contribution in [2.45, 2.75) is 0 Å². The number of rotatable bonds is 6. The van der Waals surface area contributed by atoms with E-state index >= 15 is 0 Å². The predicted octanol–water partition coefficient (Wildman–Crippen LogP) is 15.1. The van der Waals surface area contributed by atoms with Gasteiger partial charge in [0.05, 0.1) is 0 Å². The molecule has 0 aliphatic carbocycles. The van der Waals surface area contributed by atoms with Crippen LogP contribution >= 0.6 is 0 Å². The van der Waals surface area contributed by atoms with Crippen LogP contribution in [-0.4, -0.2) is 0 Å². The lowest BCUT2D eigenvalue weighted by Gasteiger charge is -2.26. The number of hydrogen-bond donors (Lipinski definition) is 0. The van der Waals surface area contributed by atoms with Gasteiger partial charge in [0, 0.05) is 38.6 Å². The number of hydrogen-bond acceptors (Lipinski definition) is 3. The van der Waals surface area contributed by atoms with Gasteiger partial charge >= 0.3 is 0 Å². The third-order valence-electron chi connectivity index (χ3n) is 10.9. The van der Waals surface area contributed by atoms with E-state index in [1.807, 2.05) is 12.1 Å². The van der Waals surface area contributed by atoms with Crippen LogP contribution in [0.25, 0.3) is 88.0 Å². The van der Waals surface area contributed by atoms with Gasteiger partial charge in [-0.2, -0.15) is 0 Å². The maximum Gasteiger partial charge on any atom is 0.136 e. The van der Waals surface area contributed by atoms with Crippen LogP contribution in [0.15, 0.2) is 209 Å². The van der Waals surface area contributed by atoms with E-state index in [2.05, 4.69) is 193 Å². The molecule has 0 amide bonds. The van der Waals surface area contributed by atoms with Crippen molar-refractivity contribution in [2.24, 2.45) is 0 Å². The van der Waals surface area contributed by atoms with Crippen molar-refractivity contribution in [1.29, 1.82) is 0 Å². The molecule has 0 aliphatic heterocycles. The van der Waals surface area contributed by atoms with Crippen LogP contribution in [0.4, 0.5) is 17.1 Å². The monoisotopic (exact) mass is 703 g/mol. The fraction of sp³-hybridized carbons (Fsp3) is 0. The summed E-state index contributed by atoms with van der Waals surface area (Å²) in [7, 11) is 0. The molecular formula is C52H33NO2. The maximum atomic E-state index is 6.42. The fourth-order valence-electron chi connectivity index (χ4n) is 8.24. The Morgan fingerprint density at radius 1 is 0.291 bits per heavy atom. The molecule has 55 heavy (non-hydrogen) atoms. The molecule has 2 aromatic heterocycles. The van der Waals surface area contributed by atoms with Gasteiger partial charge < -0.3 is 13.7 Å². The van der Waals surface area contributed by atoms with Gasteiger partial charge in [0.2, 0.25) is 0 Å². The highest BCUT2D eigenvalue weighted by molar-refractivity contribution is 6.19. The van der Waals surface area contributed by atoms with Crippen molar-refractivity contribution < 1.29 is 8.83 Å². The molecule has 0 unspecified atom stereocenters. The van der Waals surface area contributed by atoms with E-state index in [9.17, 15) is 0 Å². The van der Waals surface area contributed by atoms with Crippen LogP contribution in [0.5, 0.6) is 0 Å². The first-order valence-electron chi connectivity index (χ1n) is 18.7. The molecule has 0 N–H and O–H groups in total. The zero-order chi connectivity index (χ0) is 36.3. The van der Waals surface area contributed by atoms with E-state index in [1.54, 1.807) is 0 Å². The molecule has 0 radical (unpaired) electrons. The SMILES string of the molecule is c1ccc(-c2ccc(N(c3ccc(-c4ccc5c(c4)oc4ccc6ccccc6c45)cc3)c3cccc(-c4cccc5oc6ccccc6c45)c3)cc2)cc1. The Morgan fingerprint density at radius 2 is 0.873 bits per heavy atom. The molecule has 258 valence electrons. The molecule has 0 saturated heterocycles. The van der Waals surface area contributed by atoms with Gasteiger partial charge in [-0.15, -0.1) is 0 Å². The van der Waals surface area contributed by atoms with Gasteiger partial charge in [0.25, 0.3) is 0 Å². The Morgan fingerprint density at radius 3 is 1.69 bits per heavy atom. The third kappa shape index (κ3) is 5.28. The first-order chi connectivity index (χ1) is 27.2. The third-order valence-corrected chi connectivity index (χ3v) is 10.9. The largest absolute Gasteiger partial charge is 0.456 e. The van der Waals surface area contributed by atoms with Crippen molar-refractivity contribution in [3.05, 3.63) is 200 Å². The van der Waals surface area contributed by atoms with Crippen LogP contribution in [0.1, 0.15) is 0 Å². The number of nitrogens with zero attached hydrogens (tertiary/aromatic N) is 1. The molecule has 3 heteroatoms. The summed E-state index contributed by atoms with van der Waals surface area (Å²) in [5.41, 5.74) is 13.7. The lowest BCUT2D eigenvalue weighted by atomic mass is 9.98. The van der Waals surface area contributed by atoms with Crippen LogP contribution in [-0.2, 0) is 0 Å². The summed E-state index contributed by atoms with van der Waals surface area (Å²) >= 11 is 0. The van der Waals surface area contributed by atoms with Crippen molar-refractivity contribution in [3.63, 3.8) is 0 Å². The second-order valence-electron chi connectivity index (χ2n) is 14.1. The smallest absolute Gasteiger partial charge is 0.136 e. The van der Waals surface area contributed by atoms with Crippen molar-refractivity contribution >= 4 is 71.7 Å². The zero-order valence-corrected chi connectivity index (χ0v) is 29.8. The van der Waals surface area contributed by atoms with Crippen molar-refractivity contribution in [2.75, 3.05) is 4.90 Å². The number of furan rings is 2.